The summed E-state index contributed by atoms with van der Waals surface area (Å²) in [6.45, 7) is 3.33. The van der Waals surface area contributed by atoms with Gasteiger partial charge in [0.1, 0.15) is 5.82 Å². The Hall–Kier alpha value is -1.93. The number of hydrogen-bond acceptors (Lipinski definition) is 7. The Labute approximate surface area is 111 Å². The normalized spacial score (nSPS) is 10.9. The van der Waals surface area contributed by atoms with Crippen molar-refractivity contribution in [3.63, 3.8) is 0 Å². The van der Waals surface area contributed by atoms with Crippen LogP contribution in [0, 0.1) is 0 Å². The van der Waals surface area contributed by atoms with E-state index in [-0.39, 0.29) is 0 Å². The lowest BCUT2D eigenvalue weighted by atomic mass is 10.2. The van der Waals surface area contributed by atoms with Gasteiger partial charge in [-0.25, -0.2) is 10.8 Å². The number of hydrogen-bond donors (Lipinski definition) is 3. The zero-order chi connectivity index (χ0) is 13.7. The van der Waals surface area contributed by atoms with E-state index in [0.717, 1.165) is 18.5 Å². The van der Waals surface area contributed by atoms with Crippen LogP contribution in [0.1, 0.15) is 19.0 Å². The molecular formula is C11H19N7O. The maximum Gasteiger partial charge on any atom is 0.256 e. The van der Waals surface area contributed by atoms with Gasteiger partial charge in [-0.1, -0.05) is 13.3 Å². The van der Waals surface area contributed by atoms with Crippen molar-refractivity contribution in [2.24, 2.45) is 5.84 Å². The van der Waals surface area contributed by atoms with Crippen molar-refractivity contribution in [3.05, 3.63) is 11.8 Å². The van der Waals surface area contributed by atoms with Crippen LogP contribution in [0.2, 0.25) is 0 Å². The fourth-order valence-electron chi connectivity index (χ4n) is 1.74. The molecule has 2 heterocycles. The lowest BCUT2D eigenvalue weighted by molar-refractivity contribution is 0.210. The quantitative estimate of drug-likeness (QED) is 0.379. The number of fused-ring (bicyclic) bond motifs is 1. The van der Waals surface area contributed by atoms with E-state index in [1.54, 1.807) is 11.6 Å². The molecule has 0 bridgehead atoms. The number of nitrogen functional groups attached to an aromatic ring is 1. The van der Waals surface area contributed by atoms with Crippen LogP contribution in [-0.2, 0) is 11.2 Å². The van der Waals surface area contributed by atoms with Gasteiger partial charge in [-0.2, -0.15) is 9.50 Å². The zero-order valence-corrected chi connectivity index (χ0v) is 11.2. The van der Waals surface area contributed by atoms with Gasteiger partial charge in [0.15, 0.2) is 0 Å². The smallest absolute Gasteiger partial charge is 0.256 e. The highest BCUT2D eigenvalue weighted by Crippen LogP contribution is 2.13. The van der Waals surface area contributed by atoms with Crippen molar-refractivity contribution >= 4 is 17.5 Å². The molecule has 0 aliphatic heterocycles. The summed E-state index contributed by atoms with van der Waals surface area (Å²) in [5.41, 5.74) is 3.56. The Morgan fingerprint density at radius 2 is 2.26 bits per heavy atom. The molecule has 0 aliphatic carbocycles. The molecule has 0 atom stereocenters. The minimum absolute atomic E-state index is 0.509. The molecule has 2 aromatic rings. The highest BCUT2D eigenvalue weighted by Gasteiger charge is 2.09. The summed E-state index contributed by atoms with van der Waals surface area (Å²) in [6, 6.07) is 1.88. The topological polar surface area (TPSA) is 102 Å². The minimum Gasteiger partial charge on any atom is -0.383 e. The van der Waals surface area contributed by atoms with Gasteiger partial charge in [0.25, 0.3) is 5.78 Å². The second kappa shape index (κ2) is 6.30. The number of nitrogens with two attached hydrogens (primary N) is 1. The number of aromatic nitrogens is 4. The van der Waals surface area contributed by atoms with Gasteiger partial charge in [-0.3, -0.25) is 0 Å². The van der Waals surface area contributed by atoms with Gasteiger partial charge in [-0.15, -0.1) is 5.10 Å². The van der Waals surface area contributed by atoms with Crippen molar-refractivity contribution in [3.8, 4) is 0 Å². The lowest BCUT2D eigenvalue weighted by Crippen LogP contribution is -2.13. The van der Waals surface area contributed by atoms with E-state index >= 15 is 0 Å². The van der Waals surface area contributed by atoms with Crippen LogP contribution in [0.4, 0.5) is 11.8 Å². The molecule has 0 radical (unpaired) electrons. The third kappa shape index (κ3) is 3.09. The van der Waals surface area contributed by atoms with E-state index in [9.17, 15) is 0 Å². The molecule has 0 amide bonds. The standard InChI is InChI=1S/C11H19N7O/c1-3-4-8-7-9(16-12)18-11(14-8)15-10(17-18)13-5-6-19-2/h7,16H,3-6,12H2,1-2H3,(H,13,17). The first-order valence-electron chi connectivity index (χ1n) is 6.24. The molecule has 0 saturated carbocycles. The maximum absolute atomic E-state index is 5.51. The molecule has 2 aromatic heterocycles. The average molecular weight is 265 g/mol. The Morgan fingerprint density at radius 3 is 2.95 bits per heavy atom. The largest absolute Gasteiger partial charge is 0.383 e. The maximum atomic E-state index is 5.51. The van der Waals surface area contributed by atoms with Crippen molar-refractivity contribution in [2.75, 3.05) is 31.0 Å². The van der Waals surface area contributed by atoms with Crippen molar-refractivity contribution in [2.45, 2.75) is 19.8 Å². The molecule has 0 spiro atoms. The van der Waals surface area contributed by atoms with Crippen molar-refractivity contribution < 1.29 is 4.74 Å². The highest BCUT2D eigenvalue weighted by atomic mass is 16.5. The van der Waals surface area contributed by atoms with Gasteiger partial charge in [0.2, 0.25) is 5.95 Å². The Morgan fingerprint density at radius 1 is 1.42 bits per heavy atom. The van der Waals surface area contributed by atoms with Gasteiger partial charge in [0, 0.05) is 25.4 Å². The summed E-state index contributed by atoms with van der Waals surface area (Å²) in [5.74, 6) is 7.21. The van der Waals surface area contributed by atoms with E-state index in [4.69, 9.17) is 10.6 Å². The van der Waals surface area contributed by atoms with E-state index in [2.05, 4.69) is 32.7 Å². The first kappa shape index (κ1) is 13.5. The predicted octanol–water partition coefficient (Wildman–Crippen LogP) is 0.421. The van der Waals surface area contributed by atoms with Crippen LogP contribution in [0.5, 0.6) is 0 Å². The number of nitrogens with one attached hydrogen (secondary N) is 2. The summed E-state index contributed by atoms with van der Waals surface area (Å²) < 4.78 is 6.54. The fourth-order valence-corrected chi connectivity index (χ4v) is 1.74. The summed E-state index contributed by atoms with van der Waals surface area (Å²) in [7, 11) is 1.65. The van der Waals surface area contributed by atoms with E-state index < -0.39 is 0 Å². The van der Waals surface area contributed by atoms with Crippen LogP contribution >= 0.6 is 0 Å². The molecule has 19 heavy (non-hydrogen) atoms. The van der Waals surface area contributed by atoms with Crippen LogP contribution in [0.15, 0.2) is 6.07 Å². The molecular weight excluding hydrogens is 246 g/mol. The minimum atomic E-state index is 0.509. The molecule has 104 valence electrons. The summed E-state index contributed by atoms with van der Waals surface area (Å²) in [6.07, 6.45) is 1.89. The zero-order valence-electron chi connectivity index (χ0n) is 11.2. The van der Waals surface area contributed by atoms with Crippen molar-refractivity contribution in [1.82, 2.24) is 19.6 Å². The fraction of sp³-hybridized carbons (Fsp3) is 0.545. The second-order valence-corrected chi connectivity index (χ2v) is 4.09. The summed E-state index contributed by atoms with van der Waals surface area (Å²) >= 11 is 0. The first-order chi connectivity index (χ1) is 9.28. The van der Waals surface area contributed by atoms with Gasteiger partial charge in [-0.05, 0) is 6.42 Å². The molecule has 0 saturated heterocycles. The molecule has 0 aromatic carbocycles. The Balaban J connectivity index is 2.29. The number of rotatable bonds is 7. The molecule has 2 rings (SSSR count). The number of methoxy groups -OCH3 is 1. The molecule has 8 heteroatoms. The average Bonchev–Trinajstić information content (AvgIpc) is 2.81. The molecule has 4 N–H and O–H groups in total. The predicted molar refractivity (Wildman–Crippen MR) is 73.0 cm³/mol. The first-order valence-corrected chi connectivity index (χ1v) is 6.24. The monoisotopic (exact) mass is 265 g/mol. The molecule has 0 aliphatic rings. The number of nitrogens with zero attached hydrogens (tertiary/aromatic N) is 4. The SMILES string of the molecule is CCCc1cc(NN)n2nc(NCCOC)nc2n1. The lowest BCUT2D eigenvalue weighted by Gasteiger charge is -2.04. The van der Waals surface area contributed by atoms with Gasteiger partial charge in [0.05, 0.1) is 6.61 Å². The Kier molecular flexibility index (Phi) is 4.48. The summed E-state index contributed by atoms with van der Waals surface area (Å²) in [5, 5.41) is 7.35. The number of hydrazine groups is 1. The Bertz CT molecular complexity index is 539. The van der Waals surface area contributed by atoms with E-state index in [1.165, 1.54) is 0 Å². The highest BCUT2D eigenvalue weighted by molar-refractivity contribution is 5.47. The van der Waals surface area contributed by atoms with E-state index in [1.807, 2.05) is 6.07 Å². The van der Waals surface area contributed by atoms with Crippen molar-refractivity contribution in [1.29, 1.82) is 0 Å². The number of anilines is 2. The molecule has 0 unspecified atom stereocenters. The third-order valence-corrected chi connectivity index (χ3v) is 2.61. The summed E-state index contributed by atoms with van der Waals surface area (Å²) in [4.78, 5) is 8.76. The van der Waals surface area contributed by atoms with Crippen LogP contribution in [0.3, 0.4) is 0 Å². The van der Waals surface area contributed by atoms with Crippen LogP contribution in [-0.4, -0.2) is 39.8 Å². The molecule has 0 fully saturated rings. The van der Waals surface area contributed by atoms with Crippen LogP contribution in [0.25, 0.3) is 5.78 Å². The van der Waals surface area contributed by atoms with Gasteiger partial charge < -0.3 is 15.5 Å². The second-order valence-electron chi connectivity index (χ2n) is 4.09. The van der Waals surface area contributed by atoms with E-state index in [0.29, 0.717) is 30.7 Å². The van der Waals surface area contributed by atoms with Crippen LogP contribution < -0.4 is 16.6 Å². The third-order valence-electron chi connectivity index (χ3n) is 2.61. The van der Waals surface area contributed by atoms with Gasteiger partial charge >= 0.3 is 0 Å². The number of ether oxygens (including phenoxy) is 1. The number of aryl methyl sites for hydroxylation is 1. The molecule has 8 nitrogen and oxygen atoms in total.